The molecule has 4 nitrogen and oxygen atoms in total. The van der Waals surface area contributed by atoms with Gasteiger partial charge in [0.1, 0.15) is 0 Å². The number of halogens is 1. The molecule has 102 valence electrons. The smallest absolute Gasteiger partial charge is 0.253 e. The highest BCUT2D eigenvalue weighted by Crippen LogP contribution is 2.21. The van der Waals surface area contributed by atoms with Crippen LogP contribution in [0, 0.1) is 9.49 Å². The summed E-state index contributed by atoms with van der Waals surface area (Å²) in [5.74, 6) is 0.162. The standard InChI is InChI=1S/C14H17IN2O2/c15-12-3-1-11(2-4-12)14(19)17-7-5-10(6-8-17)9-13(16)18/h1-4,10H,5-9H2,(H2,16,18). The molecule has 0 bridgehead atoms. The molecule has 1 aromatic rings. The van der Waals surface area contributed by atoms with Crippen molar-refractivity contribution >= 4 is 34.4 Å². The Hall–Kier alpha value is -1.11. The predicted molar refractivity (Wildman–Crippen MR) is 81.6 cm³/mol. The minimum atomic E-state index is -0.248. The molecule has 2 rings (SSSR count). The Morgan fingerprint density at radius 1 is 1.21 bits per heavy atom. The van der Waals surface area contributed by atoms with Gasteiger partial charge in [0.05, 0.1) is 0 Å². The maximum Gasteiger partial charge on any atom is 0.253 e. The van der Waals surface area contributed by atoms with Gasteiger partial charge in [-0.05, 0) is 65.6 Å². The maximum absolute atomic E-state index is 12.3. The zero-order valence-corrected chi connectivity index (χ0v) is 12.8. The molecule has 2 amide bonds. The molecule has 1 aliphatic heterocycles. The summed E-state index contributed by atoms with van der Waals surface area (Å²) < 4.78 is 1.12. The zero-order valence-electron chi connectivity index (χ0n) is 10.6. The Labute approximate surface area is 126 Å². The molecule has 1 saturated heterocycles. The lowest BCUT2D eigenvalue weighted by Gasteiger charge is -2.31. The number of amides is 2. The van der Waals surface area contributed by atoms with Gasteiger partial charge in [0.25, 0.3) is 5.91 Å². The van der Waals surface area contributed by atoms with E-state index in [0.717, 1.165) is 22.0 Å². The predicted octanol–water partition coefficient (Wildman–Crippen LogP) is 2.02. The van der Waals surface area contributed by atoms with Crippen molar-refractivity contribution < 1.29 is 9.59 Å². The van der Waals surface area contributed by atoms with E-state index in [1.54, 1.807) is 0 Å². The van der Waals surface area contributed by atoms with Crippen LogP contribution >= 0.6 is 22.6 Å². The first kappa shape index (κ1) is 14.3. The third-order valence-electron chi connectivity index (χ3n) is 3.48. The Morgan fingerprint density at radius 2 is 1.79 bits per heavy atom. The van der Waals surface area contributed by atoms with Crippen molar-refractivity contribution in [3.05, 3.63) is 33.4 Å². The largest absolute Gasteiger partial charge is 0.370 e. The van der Waals surface area contributed by atoms with Crippen LogP contribution in [-0.4, -0.2) is 29.8 Å². The van der Waals surface area contributed by atoms with Crippen molar-refractivity contribution in [2.45, 2.75) is 19.3 Å². The highest BCUT2D eigenvalue weighted by Gasteiger charge is 2.24. The lowest BCUT2D eigenvalue weighted by Crippen LogP contribution is -2.39. The van der Waals surface area contributed by atoms with Crippen molar-refractivity contribution in [3.8, 4) is 0 Å². The number of rotatable bonds is 3. The van der Waals surface area contributed by atoms with Gasteiger partial charge >= 0.3 is 0 Å². The highest BCUT2D eigenvalue weighted by molar-refractivity contribution is 14.1. The number of likely N-dealkylation sites (tertiary alicyclic amines) is 1. The molecule has 0 spiro atoms. The fraction of sp³-hybridized carbons (Fsp3) is 0.429. The van der Waals surface area contributed by atoms with Crippen LogP contribution in [0.25, 0.3) is 0 Å². The highest BCUT2D eigenvalue weighted by atomic mass is 127. The Morgan fingerprint density at radius 3 is 2.32 bits per heavy atom. The second-order valence-electron chi connectivity index (χ2n) is 4.91. The Bertz CT molecular complexity index is 465. The lowest BCUT2D eigenvalue weighted by atomic mass is 9.93. The van der Waals surface area contributed by atoms with E-state index in [0.29, 0.717) is 25.4 Å². The van der Waals surface area contributed by atoms with Crippen LogP contribution in [0.5, 0.6) is 0 Å². The molecular formula is C14H17IN2O2. The van der Waals surface area contributed by atoms with Crippen LogP contribution in [0.2, 0.25) is 0 Å². The second kappa shape index (κ2) is 6.36. The summed E-state index contributed by atoms with van der Waals surface area (Å²) in [5, 5.41) is 0. The third-order valence-corrected chi connectivity index (χ3v) is 4.20. The summed E-state index contributed by atoms with van der Waals surface area (Å²) >= 11 is 2.22. The summed E-state index contributed by atoms with van der Waals surface area (Å²) in [4.78, 5) is 25.0. The minimum absolute atomic E-state index is 0.0777. The van der Waals surface area contributed by atoms with E-state index < -0.39 is 0 Å². The molecular weight excluding hydrogens is 355 g/mol. The van der Waals surface area contributed by atoms with Gasteiger partial charge in [-0.15, -0.1) is 0 Å². The van der Waals surface area contributed by atoms with Crippen LogP contribution in [-0.2, 0) is 4.79 Å². The maximum atomic E-state index is 12.3. The first-order chi connectivity index (χ1) is 9.06. The molecule has 0 atom stereocenters. The van der Waals surface area contributed by atoms with Gasteiger partial charge in [-0.2, -0.15) is 0 Å². The molecule has 19 heavy (non-hydrogen) atoms. The average Bonchev–Trinajstić information content (AvgIpc) is 2.39. The molecule has 0 saturated carbocycles. The number of hydrogen-bond acceptors (Lipinski definition) is 2. The second-order valence-corrected chi connectivity index (χ2v) is 6.16. The number of nitrogens with two attached hydrogens (primary N) is 1. The fourth-order valence-corrected chi connectivity index (χ4v) is 2.76. The van der Waals surface area contributed by atoms with Gasteiger partial charge in [-0.3, -0.25) is 9.59 Å². The molecule has 0 unspecified atom stereocenters. The number of benzene rings is 1. The van der Waals surface area contributed by atoms with Crippen molar-refractivity contribution in [2.75, 3.05) is 13.1 Å². The van der Waals surface area contributed by atoms with Crippen LogP contribution in [0.3, 0.4) is 0 Å². The summed E-state index contributed by atoms with van der Waals surface area (Å²) in [6, 6.07) is 7.60. The minimum Gasteiger partial charge on any atom is -0.370 e. The van der Waals surface area contributed by atoms with E-state index in [4.69, 9.17) is 5.73 Å². The van der Waals surface area contributed by atoms with Gasteiger partial charge in [0.15, 0.2) is 0 Å². The summed E-state index contributed by atoms with van der Waals surface area (Å²) in [6.07, 6.45) is 2.16. The van der Waals surface area contributed by atoms with Crippen LogP contribution in [0.15, 0.2) is 24.3 Å². The molecule has 1 aliphatic rings. The Kier molecular flexibility index (Phi) is 4.79. The van der Waals surface area contributed by atoms with Crippen molar-refractivity contribution in [1.82, 2.24) is 4.90 Å². The first-order valence-corrected chi connectivity index (χ1v) is 7.47. The SMILES string of the molecule is NC(=O)CC1CCN(C(=O)c2ccc(I)cc2)CC1. The normalized spacial score (nSPS) is 16.4. The van der Waals surface area contributed by atoms with E-state index in [2.05, 4.69) is 22.6 Å². The monoisotopic (exact) mass is 372 g/mol. The lowest BCUT2D eigenvalue weighted by molar-refractivity contribution is -0.119. The number of primary amides is 1. The van der Waals surface area contributed by atoms with E-state index in [-0.39, 0.29) is 11.8 Å². The number of carbonyl (C=O) groups excluding carboxylic acids is 2. The quantitative estimate of drug-likeness (QED) is 0.826. The number of piperidine rings is 1. The zero-order chi connectivity index (χ0) is 13.8. The molecule has 2 N–H and O–H groups in total. The topological polar surface area (TPSA) is 63.4 Å². The molecule has 5 heteroatoms. The van der Waals surface area contributed by atoms with E-state index in [9.17, 15) is 9.59 Å². The van der Waals surface area contributed by atoms with Gasteiger partial charge in [-0.1, -0.05) is 0 Å². The van der Waals surface area contributed by atoms with Gasteiger partial charge < -0.3 is 10.6 Å². The van der Waals surface area contributed by atoms with Gasteiger partial charge in [-0.25, -0.2) is 0 Å². The molecule has 1 fully saturated rings. The fourth-order valence-electron chi connectivity index (χ4n) is 2.40. The van der Waals surface area contributed by atoms with Crippen LogP contribution in [0.1, 0.15) is 29.6 Å². The van der Waals surface area contributed by atoms with Crippen molar-refractivity contribution in [3.63, 3.8) is 0 Å². The van der Waals surface area contributed by atoms with Crippen LogP contribution in [0.4, 0.5) is 0 Å². The number of carbonyl (C=O) groups is 2. The van der Waals surface area contributed by atoms with E-state index in [1.807, 2.05) is 29.2 Å². The first-order valence-electron chi connectivity index (χ1n) is 6.39. The summed E-state index contributed by atoms with van der Waals surface area (Å²) in [7, 11) is 0. The van der Waals surface area contributed by atoms with Gasteiger partial charge in [0.2, 0.25) is 5.91 Å². The van der Waals surface area contributed by atoms with Gasteiger partial charge in [0, 0.05) is 28.6 Å². The van der Waals surface area contributed by atoms with Crippen molar-refractivity contribution in [2.24, 2.45) is 11.7 Å². The molecule has 0 aromatic heterocycles. The van der Waals surface area contributed by atoms with Crippen LogP contribution < -0.4 is 5.73 Å². The van der Waals surface area contributed by atoms with Crippen molar-refractivity contribution in [1.29, 1.82) is 0 Å². The Balaban J connectivity index is 1.92. The third kappa shape index (κ3) is 3.92. The number of nitrogens with zero attached hydrogens (tertiary/aromatic N) is 1. The van der Waals surface area contributed by atoms with E-state index in [1.165, 1.54) is 0 Å². The van der Waals surface area contributed by atoms with E-state index >= 15 is 0 Å². The molecule has 0 radical (unpaired) electrons. The molecule has 1 heterocycles. The molecule has 0 aliphatic carbocycles. The summed E-state index contributed by atoms with van der Waals surface area (Å²) in [5.41, 5.74) is 5.93. The average molecular weight is 372 g/mol. The molecule has 1 aromatic carbocycles. The summed E-state index contributed by atoms with van der Waals surface area (Å²) in [6.45, 7) is 1.42. The number of hydrogen-bond donors (Lipinski definition) is 1.